The minimum atomic E-state index is -0.192. The van der Waals surface area contributed by atoms with Crippen molar-refractivity contribution >= 4 is 40.7 Å². The number of carbonyl (C=O) groups excluding carboxylic acids is 2. The zero-order valence-corrected chi connectivity index (χ0v) is 18.4. The average Bonchev–Trinajstić information content (AvgIpc) is 3.14. The second-order valence-corrected chi connectivity index (χ2v) is 7.84. The Morgan fingerprint density at radius 1 is 1.19 bits per heavy atom. The van der Waals surface area contributed by atoms with Gasteiger partial charge in [0.15, 0.2) is 16.8 Å². The van der Waals surface area contributed by atoms with E-state index in [0.29, 0.717) is 39.5 Å². The van der Waals surface area contributed by atoms with E-state index < -0.39 is 0 Å². The van der Waals surface area contributed by atoms with Gasteiger partial charge in [-0.2, -0.15) is 0 Å². The third-order valence-corrected chi connectivity index (χ3v) is 5.49. The summed E-state index contributed by atoms with van der Waals surface area (Å²) in [5.41, 5.74) is 1.22. The lowest BCUT2D eigenvalue weighted by atomic mass is 10.1. The van der Waals surface area contributed by atoms with Crippen molar-refractivity contribution in [2.24, 2.45) is 0 Å². The summed E-state index contributed by atoms with van der Waals surface area (Å²) in [6.45, 7) is 5.92. The molecule has 3 aromatic rings. The summed E-state index contributed by atoms with van der Waals surface area (Å²) in [5, 5.41) is 12.3. The average molecular weight is 457 g/mol. The highest BCUT2D eigenvalue weighted by Gasteiger charge is 2.15. The summed E-state index contributed by atoms with van der Waals surface area (Å²) in [5.74, 6) is 1.09. The second-order valence-electron chi connectivity index (χ2n) is 6.49. The van der Waals surface area contributed by atoms with Gasteiger partial charge >= 0.3 is 0 Å². The first-order valence-corrected chi connectivity index (χ1v) is 10.8. The normalized spacial score (nSPS) is 10.5. The van der Waals surface area contributed by atoms with E-state index in [1.165, 1.54) is 18.7 Å². The van der Waals surface area contributed by atoms with E-state index in [9.17, 15) is 9.59 Å². The predicted octanol–water partition coefficient (Wildman–Crippen LogP) is 4.63. The maximum Gasteiger partial charge on any atom is 0.234 e. The van der Waals surface area contributed by atoms with E-state index in [-0.39, 0.29) is 24.1 Å². The lowest BCUT2D eigenvalue weighted by Gasteiger charge is -2.10. The number of thioether (sulfide) groups is 1. The number of aromatic nitrogens is 3. The first kappa shape index (κ1) is 22.6. The predicted molar refractivity (Wildman–Crippen MR) is 122 cm³/mol. The van der Waals surface area contributed by atoms with Gasteiger partial charge in [-0.25, -0.2) is 0 Å². The van der Waals surface area contributed by atoms with Crippen LogP contribution in [0.4, 0.5) is 5.69 Å². The number of hydrogen-bond acceptors (Lipinski definition) is 6. The van der Waals surface area contributed by atoms with E-state index in [1.54, 1.807) is 42.5 Å². The van der Waals surface area contributed by atoms with Crippen molar-refractivity contribution in [1.82, 2.24) is 14.8 Å². The third-order valence-electron chi connectivity index (χ3n) is 4.21. The number of allylic oxidation sites excluding steroid dienone is 1. The van der Waals surface area contributed by atoms with Gasteiger partial charge in [0.05, 0.1) is 10.8 Å². The Bertz CT molecular complexity index is 1080. The molecule has 1 aromatic heterocycles. The van der Waals surface area contributed by atoms with Crippen LogP contribution >= 0.6 is 23.4 Å². The Morgan fingerprint density at radius 3 is 2.61 bits per heavy atom. The molecule has 0 aliphatic carbocycles. The lowest BCUT2D eigenvalue weighted by Crippen LogP contribution is -2.15. The molecule has 0 atom stereocenters. The molecule has 0 aliphatic rings. The number of hydrogen-bond donors (Lipinski definition) is 1. The van der Waals surface area contributed by atoms with Crippen LogP contribution in [-0.2, 0) is 17.9 Å². The summed E-state index contributed by atoms with van der Waals surface area (Å²) in [6, 6.07) is 13.9. The van der Waals surface area contributed by atoms with Crippen molar-refractivity contribution in [3.8, 4) is 5.75 Å². The molecule has 0 radical (unpaired) electrons. The molecular weight excluding hydrogens is 436 g/mol. The van der Waals surface area contributed by atoms with E-state index in [1.807, 2.05) is 16.7 Å². The summed E-state index contributed by atoms with van der Waals surface area (Å²) < 4.78 is 7.59. The number of carbonyl (C=O) groups is 2. The number of amides is 1. The van der Waals surface area contributed by atoms with Gasteiger partial charge in [-0.3, -0.25) is 14.2 Å². The van der Waals surface area contributed by atoms with Gasteiger partial charge in [-0.05, 0) is 43.3 Å². The summed E-state index contributed by atoms with van der Waals surface area (Å²) in [6.07, 6.45) is 1.73. The number of para-hydroxylation sites is 1. The topological polar surface area (TPSA) is 86.1 Å². The molecule has 0 spiro atoms. The van der Waals surface area contributed by atoms with Crippen LogP contribution in [0.2, 0.25) is 5.02 Å². The van der Waals surface area contributed by atoms with Crippen LogP contribution < -0.4 is 10.1 Å². The van der Waals surface area contributed by atoms with Crippen molar-refractivity contribution < 1.29 is 14.3 Å². The number of nitrogens with one attached hydrogen (secondary N) is 1. The van der Waals surface area contributed by atoms with Gasteiger partial charge in [-0.15, -0.1) is 16.8 Å². The molecule has 0 fully saturated rings. The molecular formula is C22H21ClN4O3S. The number of benzene rings is 2. The Labute approximate surface area is 189 Å². The summed E-state index contributed by atoms with van der Waals surface area (Å²) in [4.78, 5) is 23.7. The largest absolute Gasteiger partial charge is 0.484 e. The van der Waals surface area contributed by atoms with Crippen LogP contribution in [0, 0.1) is 0 Å². The number of rotatable bonds is 10. The molecule has 160 valence electrons. The maximum absolute atomic E-state index is 12.3. The zero-order valence-electron chi connectivity index (χ0n) is 16.9. The Balaban J connectivity index is 1.60. The molecule has 0 unspecified atom stereocenters. The summed E-state index contributed by atoms with van der Waals surface area (Å²) >= 11 is 7.38. The smallest absolute Gasteiger partial charge is 0.234 e. The number of ketones is 1. The van der Waals surface area contributed by atoms with Crippen molar-refractivity contribution in [2.45, 2.75) is 25.2 Å². The van der Waals surface area contributed by atoms with Crippen molar-refractivity contribution in [1.29, 1.82) is 0 Å². The van der Waals surface area contributed by atoms with Crippen LogP contribution in [0.5, 0.6) is 5.75 Å². The molecule has 1 amide bonds. The highest BCUT2D eigenvalue weighted by atomic mass is 35.5. The quantitative estimate of drug-likeness (QED) is 0.272. The van der Waals surface area contributed by atoms with Crippen molar-refractivity contribution in [3.05, 3.63) is 77.6 Å². The SMILES string of the molecule is C=CCn1c(COc2ccccc2Cl)nnc1SCC(=O)Nc1ccc(C(C)=O)cc1. The molecule has 3 rings (SSSR count). The number of anilines is 1. The Morgan fingerprint density at radius 2 is 1.94 bits per heavy atom. The van der Waals surface area contributed by atoms with Gasteiger partial charge in [-0.1, -0.05) is 41.6 Å². The number of halogens is 1. The molecule has 0 aliphatic heterocycles. The molecule has 0 bridgehead atoms. The van der Waals surface area contributed by atoms with Crippen LogP contribution in [0.25, 0.3) is 0 Å². The van der Waals surface area contributed by atoms with Crippen LogP contribution in [0.1, 0.15) is 23.1 Å². The van der Waals surface area contributed by atoms with Gasteiger partial charge < -0.3 is 10.1 Å². The summed E-state index contributed by atoms with van der Waals surface area (Å²) in [7, 11) is 0. The molecule has 7 nitrogen and oxygen atoms in total. The first-order valence-electron chi connectivity index (χ1n) is 9.42. The fraction of sp³-hybridized carbons (Fsp3) is 0.182. The van der Waals surface area contributed by atoms with Crippen LogP contribution in [-0.4, -0.2) is 32.2 Å². The third kappa shape index (κ3) is 6.19. The van der Waals surface area contributed by atoms with Crippen LogP contribution in [0.15, 0.2) is 66.3 Å². The molecule has 2 aromatic carbocycles. The Hall–Kier alpha value is -3.10. The number of nitrogens with zero attached hydrogens (tertiary/aromatic N) is 3. The number of ether oxygens (including phenoxy) is 1. The standard InChI is InChI=1S/C22H21ClN4O3S/c1-3-12-27-20(13-30-19-7-5-4-6-18(19)23)25-26-22(27)31-14-21(29)24-17-10-8-16(9-11-17)15(2)28/h3-11H,1,12-14H2,2H3,(H,24,29). The van der Waals surface area contributed by atoms with E-state index in [0.717, 1.165) is 0 Å². The van der Waals surface area contributed by atoms with Crippen LogP contribution in [0.3, 0.4) is 0 Å². The van der Waals surface area contributed by atoms with E-state index in [2.05, 4.69) is 22.1 Å². The molecule has 0 saturated carbocycles. The van der Waals surface area contributed by atoms with Gasteiger partial charge in [0.1, 0.15) is 12.4 Å². The molecule has 1 N–H and O–H groups in total. The van der Waals surface area contributed by atoms with E-state index in [4.69, 9.17) is 16.3 Å². The second kappa shape index (κ2) is 10.8. The van der Waals surface area contributed by atoms with Gasteiger partial charge in [0, 0.05) is 17.8 Å². The maximum atomic E-state index is 12.3. The lowest BCUT2D eigenvalue weighted by molar-refractivity contribution is -0.113. The first-order chi connectivity index (χ1) is 15.0. The fourth-order valence-electron chi connectivity index (χ4n) is 2.66. The highest BCUT2D eigenvalue weighted by molar-refractivity contribution is 7.99. The Kier molecular flexibility index (Phi) is 7.86. The van der Waals surface area contributed by atoms with Gasteiger partial charge in [0.25, 0.3) is 0 Å². The molecule has 1 heterocycles. The minimum absolute atomic E-state index is 0.0238. The van der Waals surface area contributed by atoms with E-state index >= 15 is 0 Å². The molecule has 31 heavy (non-hydrogen) atoms. The minimum Gasteiger partial charge on any atom is -0.484 e. The highest BCUT2D eigenvalue weighted by Crippen LogP contribution is 2.25. The van der Waals surface area contributed by atoms with Gasteiger partial charge in [0.2, 0.25) is 5.91 Å². The monoisotopic (exact) mass is 456 g/mol. The molecule has 9 heteroatoms. The molecule has 0 saturated heterocycles. The number of Topliss-reactive ketones (excluding diaryl/α,β-unsaturated/α-hetero) is 1. The zero-order chi connectivity index (χ0) is 22.2. The van der Waals surface area contributed by atoms with Crippen molar-refractivity contribution in [2.75, 3.05) is 11.1 Å². The fourth-order valence-corrected chi connectivity index (χ4v) is 3.62. The van der Waals surface area contributed by atoms with Crippen molar-refractivity contribution in [3.63, 3.8) is 0 Å².